The Morgan fingerprint density at radius 3 is 2.47 bits per heavy atom. The Hall–Kier alpha value is -2.51. The van der Waals surface area contributed by atoms with Crippen molar-refractivity contribution in [3.63, 3.8) is 0 Å². The number of hydrogen-bond acceptors (Lipinski definition) is 6. The molecule has 1 fully saturated rings. The summed E-state index contributed by atoms with van der Waals surface area (Å²) in [5.41, 5.74) is 2.50. The number of thioether (sulfide) groups is 2. The van der Waals surface area contributed by atoms with Crippen molar-refractivity contribution < 1.29 is 9.59 Å². The third kappa shape index (κ3) is 3.91. The zero-order valence-corrected chi connectivity index (χ0v) is 18.8. The molecule has 0 bridgehead atoms. The molecular weight excluding hydrogens is 414 g/mol. The molecule has 0 N–H and O–H groups in total. The molecule has 1 saturated heterocycles. The largest absolute Gasteiger partial charge is 0.337 e. The van der Waals surface area contributed by atoms with Gasteiger partial charge in [0.1, 0.15) is 4.91 Å². The highest BCUT2D eigenvalue weighted by atomic mass is 32.2. The van der Waals surface area contributed by atoms with Crippen LogP contribution in [-0.2, 0) is 4.79 Å². The van der Waals surface area contributed by atoms with Crippen molar-refractivity contribution in [2.45, 2.75) is 31.6 Å². The highest BCUT2D eigenvalue weighted by molar-refractivity contribution is 8.19. The van der Waals surface area contributed by atoms with Crippen LogP contribution in [0.2, 0.25) is 0 Å². The molecule has 0 saturated carbocycles. The number of aliphatic imine (C=N–C) groups is 1. The van der Waals surface area contributed by atoms with Crippen molar-refractivity contribution in [3.05, 3.63) is 64.0 Å². The molecule has 0 spiro atoms. The first-order valence-corrected chi connectivity index (χ1v) is 11.6. The number of benzene rings is 2. The summed E-state index contributed by atoms with van der Waals surface area (Å²) in [4.78, 5) is 35.3. The number of Topliss-reactive ketones (excluding diaryl/α,β-unsaturated/α-hetero) is 1. The Balaban J connectivity index is 1.69. The Kier molecular flexibility index (Phi) is 6.01. The van der Waals surface area contributed by atoms with Crippen molar-refractivity contribution in [1.29, 1.82) is 0 Å². The van der Waals surface area contributed by atoms with Crippen LogP contribution in [0.4, 0.5) is 11.4 Å². The van der Waals surface area contributed by atoms with Crippen LogP contribution in [0.1, 0.15) is 37.0 Å². The summed E-state index contributed by atoms with van der Waals surface area (Å²) >= 11 is 3.06. The summed E-state index contributed by atoms with van der Waals surface area (Å²) in [5, 5.41) is 1.64. The standard InChI is InChI=1S/C23H23N3O2S2/c1-4-5-14-26-21(28)20(22-25(3)18-8-6-7-9-19(18)29-22)30-23(26)24-17-12-10-16(11-13-17)15(2)27/h6-13H,4-5,14H2,1-3H3. The SMILES string of the molecule is CCCCN1C(=O)C(=C2Sc3ccccc3N2C)SC1=Nc1ccc(C(C)=O)cc1. The first-order valence-electron chi connectivity index (χ1n) is 9.94. The van der Waals surface area contributed by atoms with Gasteiger partial charge in [-0.1, -0.05) is 37.2 Å². The fourth-order valence-electron chi connectivity index (χ4n) is 3.31. The van der Waals surface area contributed by atoms with E-state index in [4.69, 9.17) is 4.99 Å². The number of carbonyl (C=O) groups is 2. The first kappa shape index (κ1) is 20.8. The van der Waals surface area contributed by atoms with Crippen LogP contribution in [-0.4, -0.2) is 35.4 Å². The molecule has 0 unspecified atom stereocenters. The van der Waals surface area contributed by atoms with Gasteiger partial charge in [-0.2, -0.15) is 0 Å². The molecule has 2 aliphatic rings. The van der Waals surface area contributed by atoms with Gasteiger partial charge in [-0.15, -0.1) is 0 Å². The van der Waals surface area contributed by atoms with E-state index >= 15 is 0 Å². The van der Waals surface area contributed by atoms with Gasteiger partial charge in [-0.05, 0) is 61.5 Å². The maximum atomic E-state index is 13.3. The van der Waals surface area contributed by atoms with Crippen molar-refractivity contribution in [1.82, 2.24) is 4.90 Å². The van der Waals surface area contributed by atoms with Crippen molar-refractivity contribution in [2.24, 2.45) is 4.99 Å². The van der Waals surface area contributed by atoms with Crippen LogP contribution < -0.4 is 4.90 Å². The van der Waals surface area contributed by atoms with Gasteiger partial charge < -0.3 is 4.90 Å². The topological polar surface area (TPSA) is 53.0 Å². The smallest absolute Gasteiger partial charge is 0.269 e. The molecule has 2 heterocycles. The summed E-state index contributed by atoms with van der Waals surface area (Å²) in [6, 6.07) is 15.4. The van der Waals surface area contributed by atoms with E-state index < -0.39 is 0 Å². The quantitative estimate of drug-likeness (QED) is 0.446. The number of amidine groups is 1. The highest BCUT2D eigenvalue weighted by Crippen LogP contribution is 2.50. The van der Waals surface area contributed by atoms with Gasteiger partial charge in [0.2, 0.25) is 0 Å². The second-order valence-corrected chi connectivity index (χ2v) is 9.18. The lowest BCUT2D eigenvalue weighted by atomic mass is 10.1. The average molecular weight is 438 g/mol. The van der Waals surface area contributed by atoms with Crippen LogP contribution in [0, 0.1) is 0 Å². The molecule has 5 nitrogen and oxygen atoms in total. The van der Waals surface area contributed by atoms with Crippen LogP contribution in [0.15, 0.2) is 68.4 Å². The van der Waals surface area contributed by atoms with Crippen LogP contribution in [0.5, 0.6) is 0 Å². The zero-order valence-electron chi connectivity index (χ0n) is 17.2. The molecule has 0 atom stereocenters. The van der Waals surface area contributed by atoms with E-state index in [9.17, 15) is 9.59 Å². The number of unbranched alkanes of at least 4 members (excludes halogenated alkanes) is 1. The monoisotopic (exact) mass is 437 g/mol. The van der Waals surface area contributed by atoms with Crippen LogP contribution >= 0.6 is 23.5 Å². The van der Waals surface area contributed by atoms with Crippen LogP contribution in [0.25, 0.3) is 0 Å². The summed E-state index contributed by atoms with van der Waals surface area (Å²) in [7, 11) is 2.00. The average Bonchev–Trinajstić information content (AvgIpc) is 3.23. The molecule has 2 aliphatic heterocycles. The van der Waals surface area contributed by atoms with Crippen molar-refractivity contribution >= 4 is 51.8 Å². The third-order valence-electron chi connectivity index (χ3n) is 5.03. The molecule has 30 heavy (non-hydrogen) atoms. The van der Waals surface area contributed by atoms with E-state index in [2.05, 4.69) is 24.0 Å². The lowest BCUT2D eigenvalue weighted by Gasteiger charge is -2.16. The van der Waals surface area contributed by atoms with E-state index in [0.717, 1.165) is 34.1 Å². The van der Waals surface area contributed by atoms with Gasteiger partial charge >= 0.3 is 0 Å². The fourth-order valence-corrected chi connectivity index (χ4v) is 5.68. The van der Waals surface area contributed by atoms with Gasteiger partial charge in [0.05, 0.1) is 16.4 Å². The number of fused-ring (bicyclic) bond motifs is 1. The summed E-state index contributed by atoms with van der Waals surface area (Å²) in [6.07, 6.45) is 1.92. The van der Waals surface area contributed by atoms with E-state index in [1.807, 2.05) is 31.3 Å². The Labute approximate surface area is 185 Å². The van der Waals surface area contributed by atoms with E-state index in [1.54, 1.807) is 35.7 Å². The summed E-state index contributed by atoms with van der Waals surface area (Å²) in [5.74, 6) is 0.0341. The number of carbonyl (C=O) groups excluding carboxylic acids is 2. The van der Waals surface area contributed by atoms with Crippen LogP contribution in [0.3, 0.4) is 0 Å². The predicted molar refractivity (Wildman–Crippen MR) is 125 cm³/mol. The number of amides is 1. The molecule has 1 amide bonds. The van der Waals surface area contributed by atoms with Gasteiger partial charge in [-0.25, -0.2) is 4.99 Å². The van der Waals surface area contributed by atoms with E-state index in [1.165, 1.54) is 11.8 Å². The Bertz CT molecular complexity index is 1060. The van der Waals surface area contributed by atoms with Crippen molar-refractivity contribution in [3.8, 4) is 0 Å². The van der Waals surface area contributed by atoms with Crippen molar-refractivity contribution in [2.75, 3.05) is 18.5 Å². The molecular formula is C23H23N3O2S2. The molecule has 0 aliphatic carbocycles. The number of hydrogen-bond donors (Lipinski definition) is 0. The first-order chi connectivity index (χ1) is 14.5. The number of rotatable bonds is 5. The second-order valence-electron chi connectivity index (χ2n) is 7.17. The van der Waals surface area contributed by atoms with Gasteiger partial charge in [0.15, 0.2) is 11.0 Å². The molecule has 0 radical (unpaired) electrons. The minimum atomic E-state index is 0.00899. The normalized spacial score (nSPS) is 19.7. The molecule has 0 aromatic heterocycles. The Morgan fingerprint density at radius 2 is 1.80 bits per heavy atom. The molecule has 154 valence electrons. The number of ketones is 1. The molecule has 2 aromatic carbocycles. The number of anilines is 1. The molecule has 4 rings (SSSR count). The maximum absolute atomic E-state index is 13.3. The number of nitrogens with zero attached hydrogens (tertiary/aromatic N) is 3. The molecule has 2 aromatic rings. The predicted octanol–water partition coefficient (Wildman–Crippen LogP) is 5.66. The lowest BCUT2D eigenvalue weighted by Crippen LogP contribution is -2.30. The van der Waals surface area contributed by atoms with Gasteiger partial charge in [0.25, 0.3) is 5.91 Å². The summed E-state index contributed by atoms with van der Waals surface area (Å²) < 4.78 is 0. The lowest BCUT2D eigenvalue weighted by molar-refractivity contribution is -0.122. The second kappa shape index (κ2) is 8.70. The van der Waals surface area contributed by atoms with E-state index in [0.29, 0.717) is 22.2 Å². The highest BCUT2D eigenvalue weighted by Gasteiger charge is 2.38. The third-order valence-corrected chi connectivity index (χ3v) is 7.46. The minimum absolute atomic E-state index is 0.00899. The van der Waals surface area contributed by atoms with Gasteiger partial charge in [-0.3, -0.25) is 14.5 Å². The Morgan fingerprint density at radius 1 is 1.07 bits per heavy atom. The molecule has 7 heteroatoms. The number of para-hydroxylation sites is 1. The summed E-state index contributed by atoms with van der Waals surface area (Å²) in [6.45, 7) is 4.30. The minimum Gasteiger partial charge on any atom is -0.337 e. The maximum Gasteiger partial charge on any atom is 0.269 e. The zero-order chi connectivity index (χ0) is 21.3. The van der Waals surface area contributed by atoms with E-state index in [-0.39, 0.29) is 11.7 Å². The fraction of sp³-hybridized carbons (Fsp3) is 0.261. The van der Waals surface area contributed by atoms with Gasteiger partial charge in [0, 0.05) is 24.1 Å².